The molecule has 0 aliphatic carbocycles. The lowest BCUT2D eigenvalue weighted by Crippen LogP contribution is -2.37. The molecule has 2 aromatic rings. The van der Waals surface area contributed by atoms with E-state index in [0.29, 0.717) is 31.8 Å². The second kappa shape index (κ2) is 9.16. The van der Waals surface area contributed by atoms with Gasteiger partial charge in [-0.3, -0.25) is 4.79 Å². The van der Waals surface area contributed by atoms with Crippen molar-refractivity contribution in [3.63, 3.8) is 0 Å². The van der Waals surface area contributed by atoms with Crippen molar-refractivity contribution < 1.29 is 19.0 Å². The normalized spacial score (nSPS) is 19.8. The number of benzene rings is 2. The van der Waals surface area contributed by atoms with Gasteiger partial charge in [0, 0.05) is 12.0 Å². The predicted octanol–water partition coefficient (Wildman–Crippen LogP) is 3.66. The summed E-state index contributed by atoms with van der Waals surface area (Å²) in [6.07, 6.45) is 2.44. The first-order valence-electron chi connectivity index (χ1n) is 8.42. The summed E-state index contributed by atoms with van der Waals surface area (Å²) >= 11 is 0. The van der Waals surface area contributed by atoms with Gasteiger partial charge < -0.3 is 14.2 Å². The molecule has 0 N–H and O–H groups in total. The van der Waals surface area contributed by atoms with E-state index in [4.69, 9.17) is 14.2 Å². The van der Waals surface area contributed by atoms with E-state index in [1.165, 1.54) is 6.26 Å². The molecule has 0 amide bonds. The summed E-state index contributed by atoms with van der Waals surface area (Å²) in [4.78, 5) is 11.1. The number of ether oxygens (including phenoxy) is 3. The zero-order valence-corrected chi connectivity index (χ0v) is 14.0. The predicted molar refractivity (Wildman–Crippen MR) is 94.8 cm³/mol. The summed E-state index contributed by atoms with van der Waals surface area (Å²) in [5, 5.41) is 0. The Morgan fingerprint density at radius 3 is 2.24 bits per heavy atom. The largest absolute Gasteiger partial charge is 0.492 e. The molecule has 1 aliphatic heterocycles. The molecule has 0 bridgehead atoms. The molecule has 0 saturated carbocycles. The zero-order chi connectivity index (χ0) is 17.3. The van der Waals surface area contributed by atoms with Gasteiger partial charge in [0.25, 0.3) is 0 Å². The van der Waals surface area contributed by atoms with Crippen LogP contribution in [0.25, 0.3) is 0 Å². The fourth-order valence-electron chi connectivity index (χ4n) is 2.71. The Bertz CT molecular complexity index is 682. The molecule has 1 heterocycles. The fourth-order valence-corrected chi connectivity index (χ4v) is 2.71. The third-order valence-electron chi connectivity index (χ3n) is 4.10. The molecule has 0 aromatic heterocycles. The summed E-state index contributed by atoms with van der Waals surface area (Å²) in [6, 6.07) is 20.0. The molecule has 0 saturated heterocycles. The number of hydrogen-bond donors (Lipinski definition) is 0. The van der Waals surface area contributed by atoms with Crippen molar-refractivity contribution in [1.29, 1.82) is 0 Å². The molecule has 130 valence electrons. The van der Waals surface area contributed by atoms with Crippen LogP contribution in [0.5, 0.6) is 0 Å². The van der Waals surface area contributed by atoms with Gasteiger partial charge in [-0.05, 0) is 11.1 Å². The lowest BCUT2D eigenvalue weighted by Gasteiger charge is -2.30. The maximum absolute atomic E-state index is 11.1. The van der Waals surface area contributed by atoms with Crippen LogP contribution in [0.3, 0.4) is 0 Å². The zero-order valence-electron chi connectivity index (χ0n) is 14.0. The Morgan fingerprint density at radius 2 is 1.60 bits per heavy atom. The maximum atomic E-state index is 11.1. The molecule has 0 spiro atoms. The minimum Gasteiger partial charge on any atom is -0.492 e. The van der Waals surface area contributed by atoms with E-state index in [2.05, 4.69) is 0 Å². The van der Waals surface area contributed by atoms with E-state index in [1.807, 2.05) is 60.7 Å². The summed E-state index contributed by atoms with van der Waals surface area (Å²) in [6.45, 7) is 1.42. The van der Waals surface area contributed by atoms with E-state index in [-0.39, 0.29) is 12.2 Å². The van der Waals surface area contributed by atoms with Crippen molar-refractivity contribution in [2.75, 3.05) is 6.61 Å². The molecule has 2 aromatic carbocycles. The second-order valence-electron chi connectivity index (χ2n) is 6.03. The Balaban J connectivity index is 1.55. The first kappa shape index (κ1) is 17.4. The lowest BCUT2D eigenvalue weighted by atomic mass is 10.0. The van der Waals surface area contributed by atoms with Gasteiger partial charge in [-0.1, -0.05) is 60.7 Å². The van der Waals surface area contributed by atoms with E-state index in [0.717, 1.165) is 17.4 Å². The Hall–Kier alpha value is -2.43. The van der Waals surface area contributed by atoms with Gasteiger partial charge in [0.1, 0.15) is 18.5 Å². The summed E-state index contributed by atoms with van der Waals surface area (Å²) in [7, 11) is 0. The monoisotopic (exact) mass is 338 g/mol. The van der Waals surface area contributed by atoms with Gasteiger partial charge in [0.05, 0.1) is 26.1 Å². The molecule has 1 aliphatic rings. The van der Waals surface area contributed by atoms with Crippen molar-refractivity contribution >= 4 is 6.29 Å². The fraction of sp³-hybridized carbons (Fsp3) is 0.286. The minimum atomic E-state index is -0.226. The number of carbonyl (C=O) groups is 1. The molecular weight excluding hydrogens is 316 g/mol. The van der Waals surface area contributed by atoms with Crippen LogP contribution in [0.4, 0.5) is 0 Å². The van der Waals surface area contributed by atoms with Crippen LogP contribution >= 0.6 is 0 Å². The Labute approximate surface area is 148 Å². The smallest absolute Gasteiger partial charge is 0.149 e. The van der Waals surface area contributed by atoms with Crippen molar-refractivity contribution in [3.8, 4) is 0 Å². The van der Waals surface area contributed by atoms with E-state index >= 15 is 0 Å². The first-order chi connectivity index (χ1) is 12.3. The van der Waals surface area contributed by atoms with Gasteiger partial charge in [-0.25, -0.2) is 0 Å². The first-order valence-corrected chi connectivity index (χ1v) is 8.42. The molecule has 25 heavy (non-hydrogen) atoms. The molecule has 3 rings (SSSR count). The number of carbonyl (C=O) groups excluding carboxylic acids is 1. The standard InChI is InChI=1S/C21H22O4/c22-12-19-11-20(24-14-18-9-5-2-6-10-18)21(25-15-19)16-23-13-17-7-3-1-4-8-17/h1-10,12,15,20-21H,11,13-14,16H2/t20-,21-/m1/s1. The average molecular weight is 338 g/mol. The summed E-state index contributed by atoms with van der Waals surface area (Å²) in [5.41, 5.74) is 2.82. The quantitative estimate of drug-likeness (QED) is 0.689. The Morgan fingerprint density at radius 1 is 0.960 bits per heavy atom. The highest BCUT2D eigenvalue weighted by Gasteiger charge is 2.28. The van der Waals surface area contributed by atoms with Crippen molar-refractivity contribution in [2.24, 2.45) is 0 Å². The topological polar surface area (TPSA) is 44.8 Å². The highest BCUT2D eigenvalue weighted by atomic mass is 16.6. The second-order valence-corrected chi connectivity index (χ2v) is 6.03. The minimum absolute atomic E-state index is 0.207. The SMILES string of the molecule is O=CC1=CO[C@H](COCc2ccccc2)[C@H](OCc2ccccc2)C1. The third-order valence-corrected chi connectivity index (χ3v) is 4.10. The van der Waals surface area contributed by atoms with Crippen LogP contribution in [0.15, 0.2) is 72.5 Å². The molecule has 0 unspecified atom stereocenters. The molecule has 4 heteroatoms. The van der Waals surface area contributed by atoms with E-state index in [1.54, 1.807) is 0 Å². The van der Waals surface area contributed by atoms with Gasteiger partial charge >= 0.3 is 0 Å². The number of rotatable bonds is 8. The molecule has 2 atom stereocenters. The van der Waals surface area contributed by atoms with Crippen LogP contribution in [-0.2, 0) is 32.2 Å². The van der Waals surface area contributed by atoms with Gasteiger partial charge in [-0.2, -0.15) is 0 Å². The molecular formula is C21H22O4. The highest BCUT2D eigenvalue weighted by molar-refractivity contribution is 5.73. The van der Waals surface area contributed by atoms with Crippen molar-refractivity contribution in [3.05, 3.63) is 83.6 Å². The lowest BCUT2D eigenvalue weighted by molar-refractivity contribution is -0.111. The summed E-state index contributed by atoms with van der Waals surface area (Å²) < 4.78 is 17.5. The maximum Gasteiger partial charge on any atom is 0.149 e. The van der Waals surface area contributed by atoms with E-state index < -0.39 is 0 Å². The summed E-state index contributed by atoms with van der Waals surface area (Å²) in [5.74, 6) is 0. The molecule has 4 nitrogen and oxygen atoms in total. The van der Waals surface area contributed by atoms with Gasteiger partial charge in [-0.15, -0.1) is 0 Å². The Kier molecular flexibility index (Phi) is 6.37. The van der Waals surface area contributed by atoms with Crippen LogP contribution in [0, 0.1) is 0 Å². The van der Waals surface area contributed by atoms with Gasteiger partial charge in [0.2, 0.25) is 0 Å². The van der Waals surface area contributed by atoms with Crippen molar-refractivity contribution in [2.45, 2.75) is 31.8 Å². The van der Waals surface area contributed by atoms with Crippen LogP contribution in [-0.4, -0.2) is 25.1 Å². The average Bonchev–Trinajstić information content (AvgIpc) is 2.68. The number of hydrogen-bond acceptors (Lipinski definition) is 4. The van der Waals surface area contributed by atoms with Gasteiger partial charge in [0.15, 0.2) is 0 Å². The van der Waals surface area contributed by atoms with E-state index in [9.17, 15) is 4.79 Å². The molecule has 0 fully saturated rings. The van der Waals surface area contributed by atoms with Crippen LogP contribution < -0.4 is 0 Å². The highest BCUT2D eigenvalue weighted by Crippen LogP contribution is 2.22. The molecule has 0 radical (unpaired) electrons. The van der Waals surface area contributed by atoms with Crippen molar-refractivity contribution in [1.82, 2.24) is 0 Å². The number of aldehydes is 1. The van der Waals surface area contributed by atoms with Crippen LogP contribution in [0.2, 0.25) is 0 Å². The third kappa shape index (κ3) is 5.28. The van der Waals surface area contributed by atoms with Crippen LogP contribution in [0.1, 0.15) is 17.5 Å².